The first-order valence-electron chi connectivity index (χ1n) is 6.67. The first-order chi connectivity index (χ1) is 9.80. The van der Waals surface area contributed by atoms with Crippen molar-refractivity contribution in [3.63, 3.8) is 0 Å². The third-order valence-corrected chi connectivity index (χ3v) is 2.93. The van der Waals surface area contributed by atoms with Gasteiger partial charge >= 0.3 is 6.09 Å². The summed E-state index contributed by atoms with van der Waals surface area (Å²) in [4.78, 5) is 13.6. The zero-order valence-corrected chi connectivity index (χ0v) is 12.3. The number of rotatable bonds is 0. The molecule has 0 aliphatic carbocycles. The Bertz CT molecular complexity index is 599. The van der Waals surface area contributed by atoms with Gasteiger partial charge in [-0.25, -0.2) is 4.79 Å². The van der Waals surface area contributed by atoms with Gasteiger partial charge in [0.25, 0.3) is 0 Å². The van der Waals surface area contributed by atoms with Gasteiger partial charge in [-0.15, -0.1) is 0 Å². The Morgan fingerprint density at radius 2 is 2.19 bits per heavy atom. The Hall–Kier alpha value is -2.42. The van der Waals surface area contributed by atoms with E-state index in [0.717, 1.165) is 0 Å². The van der Waals surface area contributed by atoms with E-state index < -0.39 is 11.7 Å². The minimum atomic E-state index is -0.584. The second kappa shape index (κ2) is 5.52. The summed E-state index contributed by atoms with van der Waals surface area (Å²) in [6.45, 7) is 6.20. The van der Waals surface area contributed by atoms with E-state index >= 15 is 0 Å². The number of phenolic OH excluding ortho intramolecular Hbond substituents is 1. The van der Waals surface area contributed by atoms with Crippen LogP contribution in [0.5, 0.6) is 11.5 Å². The van der Waals surface area contributed by atoms with Crippen molar-refractivity contribution in [1.29, 1.82) is 5.26 Å². The number of ether oxygens (including phenoxy) is 2. The highest BCUT2D eigenvalue weighted by Gasteiger charge is 2.26. The summed E-state index contributed by atoms with van der Waals surface area (Å²) in [5.74, 6) is 0.372. The third kappa shape index (κ3) is 3.57. The SMILES string of the molecule is CC(C)(C)OC(=O)N1CCOc2cc(C#N)cc(O)c2C1. The van der Waals surface area contributed by atoms with Crippen LogP contribution >= 0.6 is 0 Å². The van der Waals surface area contributed by atoms with E-state index in [1.807, 2.05) is 6.07 Å². The maximum absolute atomic E-state index is 12.1. The van der Waals surface area contributed by atoms with Gasteiger partial charge in [0, 0.05) is 0 Å². The minimum Gasteiger partial charge on any atom is -0.507 e. The molecule has 6 nitrogen and oxygen atoms in total. The molecule has 1 amide bonds. The zero-order valence-electron chi connectivity index (χ0n) is 12.3. The van der Waals surface area contributed by atoms with Crippen LogP contribution in [0.3, 0.4) is 0 Å². The molecule has 1 N–H and O–H groups in total. The largest absolute Gasteiger partial charge is 0.507 e. The van der Waals surface area contributed by atoms with Gasteiger partial charge in [-0.2, -0.15) is 5.26 Å². The Morgan fingerprint density at radius 1 is 1.48 bits per heavy atom. The molecule has 0 saturated heterocycles. The van der Waals surface area contributed by atoms with E-state index in [1.165, 1.54) is 11.0 Å². The molecule has 21 heavy (non-hydrogen) atoms. The molecule has 0 radical (unpaired) electrons. The molecule has 1 aromatic carbocycles. The van der Waals surface area contributed by atoms with E-state index in [-0.39, 0.29) is 18.9 Å². The van der Waals surface area contributed by atoms with Crippen molar-refractivity contribution in [1.82, 2.24) is 4.90 Å². The summed E-state index contributed by atoms with van der Waals surface area (Å²) < 4.78 is 10.9. The molecule has 0 saturated carbocycles. The lowest BCUT2D eigenvalue weighted by molar-refractivity contribution is 0.0225. The van der Waals surface area contributed by atoms with Crippen molar-refractivity contribution >= 4 is 6.09 Å². The van der Waals surface area contributed by atoms with Crippen LogP contribution in [0.1, 0.15) is 31.9 Å². The van der Waals surface area contributed by atoms with Gasteiger partial charge in [0.05, 0.1) is 30.3 Å². The summed E-state index contributed by atoms with van der Waals surface area (Å²) in [5.41, 5.74) is 0.217. The monoisotopic (exact) mass is 290 g/mol. The van der Waals surface area contributed by atoms with E-state index in [1.54, 1.807) is 26.8 Å². The average molecular weight is 290 g/mol. The van der Waals surface area contributed by atoms with Crippen molar-refractivity contribution < 1.29 is 19.4 Å². The molecule has 1 heterocycles. The second-order valence-electron chi connectivity index (χ2n) is 5.83. The number of phenols is 1. The van der Waals surface area contributed by atoms with E-state index in [0.29, 0.717) is 23.4 Å². The van der Waals surface area contributed by atoms with Gasteiger partial charge in [-0.1, -0.05) is 0 Å². The first-order valence-corrected chi connectivity index (χ1v) is 6.67. The molecule has 0 aromatic heterocycles. The van der Waals surface area contributed by atoms with E-state index in [4.69, 9.17) is 14.7 Å². The number of fused-ring (bicyclic) bond motifs is 1. The van der Waals surface area contributed by atoms with Crippen LogP contribution in [-0.4, -0.2) is 34.9 Å². The lowest BCUT2D eigenvalue weighted by atomic mass is 10.1. The maximum atomic E-state index is 12.1. The Kier molecular flexibility index (Phi) is 3.94. The van der Waals surface area contributed by atoms with Gasteiger partial charge < -0.3 is 19.5 Å². The zero-order chi connectivity index (χ0) is 15.6. The van der Waals surface area contributed by atoms with Crippen LogP contribution in [-0.2, 0) is 11.3 Å². The number of benzene rings is 1. The summed E-state index contributed by atoms with van der Waals surface area (Å²) in [5, 5.41) is 18.9. The smallest absolute Gasteiger partial charge is 0.410 e. The molecule has 6 heteroatoms. The number of nitriles is 1. The molecule has 1 aliphatic heterocycles. The number of hydrogen-bond donors (Lipinski definition) is 1. The number of carbonyl (C=O) groups is 1. The second-order valence-corrected chi connectivity index (χ2v) is 5.83. The molecule has 0 unspecified atom stereocenters. The highest BCUT2D eigenvalue weighted by molar-refractivity contribution is 5.69. The fourth-order valence-electron chi connectivity index (χ4n) is 2.00. The minimum absolute atomic E-state index is 0.0560. The summed E-state index contributed by atoms with van der Waals surface area (Å²) in [7, 11) is 0. The molecule has 1 aromatic rings. The first kappa shape index (κ1) is 15.0. The topological polar surface area (TPSA) is 82.8 Å². The fourth-order valence-corrected chi connectivity index (χ4v) is 2.00. The standard InChI is InChI=1S/C15H18N2O4/c1-15(2,3)21-14(19)17-4-5-20-13-7-10(8-16)6-12(18)11(13)9-17/h6-7,18H,4-5,9H2,1-3H3. The number of hydrogen-bond acceptors (Lipinski definition) is 5. The van der Waals surface area contributed by atoms with Crippen LogP contribution in [0.15, 0.2) is 12.1 Å². The molecule has 0 bridgehead atoms. The molecule has 0 spiro atoms. The molecule has 112 valence electrons. The highest BCUT2D eigenvalue weighted by atomic mass is 16.6. The number of amides is 1. The summed E-state index contributed by atoms with van der Waals surface area (Å²) in [6.07, 6.45) is -0.456. The predicted octanol–water partition coefficient (Wildman–Crippen LogP) is 2.39. The van der Waals surface area contributed by atoms with Gasteiger partial charge in [-0.3, -0.25) is 0 Å². The van der Waals surface area contributed by atoms with Crippen molar-refractivity contribution in [3.8, 4) is 17.6 Å². The average Bonchev–Trinajstić information content (AvgIpc) is 2.59. The predicted molar refractivity (Wildman–Crippen MR) is 75.0 cm³/mol. The molecule has 1 aliphatic rings. The molecule has 0 fully saturated rings. The number of aromatic hydroxyl groups is 1. The van der Waals surface area contributed by atoms with Crippen molar-refractivity contribution in [2.75, 3.05) is 13.2 Å². The van der Waals surface area contributed by atoms with Gasteiger partial charge in [0.1, 0.15) is 23.7 Å². The number of carbonyl (C=O) groups excluding carboxylic acids is 1. The van der Waals surface area contributed by atoms with Crippen LogP contribution in [0.2, 0.25) is 0 Å². The summed E-state index contributed by atoms with van der Waals surface area (Å²) >= 11 is 0. The fraction of sp³-hybridized carbons (Fsp3) is 0.467. The quantitative estimate of drug-likeness (QED) is 0.793. The van der Waals surface area contributed by atoms with Crippen molar-refractivity contribution in [2.24, 2.45) is 0 Å². The van der Waals surface area contributed by atoms with Crippen molar-refractivity contribution in [2.45, 2.75) is 32.9 Å². The normalized spacial score (nSPS) is 14.5. The van der Waals surface area contributed by atoms with E-state index in [2.05, 4.69) is 0 Å². The summed E-state index contributed by atoms with van der Waals surface area (Å²) in [6, 6.07) is 4.88. The van der Waals surface area contributed by atoms with Crippen LogP contribution in [0.25, 0.3) is 0 Å². The lowest BCUT2D eigenvalue weighted by Gasteiger charge is -2.26. The van der Waals surface area contributed by atoms with Crippen LogP contribution < -0.4 is 4.74 Å². The molecular formula is C15H18N2O4. The molecule has 0 atom stereocenters. The Labute approximate surface area is 123 Å². The van der Waals surface area contributed by atoms with Crippen LogP contribution in [0.4, 0.5) is 4.79 Å². The Morgan fingerprint density at radius 3 is 2.81 bits per heavy atom. The maximum Gasteiger partial charge on any atom is 0.410 e. The Balaban J connectivity index is 2.25. The van der Waals surface area contributed by atoms with E-state index in [9.17, 15) is 9.90 Å². The molecule has 2 rings (SSSR count). The third-order valence-electron chi connectivity index (χ3n) is 2.93. The van der Waals surface area contributed by atoms with Crippen molar-refractivity contribution in [3.05, 3.63) is 23.3 Å². The lowest BCUT2D eigenvalue weighted by Crippen LogP contribution is -2.37. The van der Waals surface area contributed by atoms with Gasteiger partial charge in [0.15, 0.2) is 0 Å². The number of nitrogens with zero attached hydrogens (tertiary/aromatic N) is 2. The highest BCUT2D eigenvalue weighted by Crippen LogP contribution is 2.32. The van der Waals surface area contributed by atoms with Gasteiger partial charge in [-0.05, 0) is 32.9 Å². The molecular weight excluding hydrogens is 272 g/mol. The van der Waals surface area contributed by atoms with Gasteiger partial charge in [0.2, 0.25) is 0 Å². The van der Waals surface area contributed by atoms with Crippen LogP contribution in [0, 0.1) is 11.3 Å².